The molecule has 0 aliphatic heterocycles. The molecule has 0 fully saturated rings. The van der Waals surface area contributed by atoms with Crippen molar-refractivity contribution in [3.05, 3.63) is 6.54 Å². The molecule has 0 aliphatic rings. The van der Waals surface area contributed by atoms with Crippen LogP contribution in [0.1, 0.15) is 33.1 Å². The predicted molar refractivity (Wildman–Crippen MR) is 37.6 cm³/mol. The van der Waals surface area contributed by atoms with Crippen LogP contribution in [-0.2, 0) is 4.79 Å². The summed E-state index contributed by atoms with van der Waals surface area (Å²) >= 11 is 0. The Morgan fingerprint density at radius 2 is 2.22 bits per heavy atom. The van der Waals surface area contributed by atoms with Crippen LogP contribution >= 0.6 is 0 Å². The molecule has 0 aliphatic carbocycles. The first kappa shape index (κ1) is 8.47. The smallest absolute Gasteiger partial charge is 0.220 e. The fraction of sp³-hybridized carbons (Fsp3) is 0.714. The Hall–Kier alpha value is -0.530. The second kappa shape index (κ2) is 5.60. The summed E-state index contributed by atoms with van der Waals surface area (Å²) in [6.45, 7) is 5.76. The van der Waals surface area contributed by atoms with E-state index < -0.39 is 0 Å². The van der Waals surface area contributed by atoms with Crippen LogP contribution in [0.15, 0.2) is 0 Å². The molecule has 0 aromatic heterocycles. The Morgan fingerprint density at radius 1 is 1.56 bits per heavy atom. The Kier molecular flexibility index (Phi) is 5.27. The van der Waals surface area contributed by atoms with E-state index in [4.69, 9.17) is 0 Å². The first-order valence-electron chi connectivity index (χ1n) is 3.42. The molecule has 1 N–H and O–H groups in total. The van der Waals surface area contributed by atoms with Crippen LogP contribution in [-0.4, -0.2) is 5.91 Å². The van der Waals surface area contributed by atoms with E-state index in [9.17, 15) is 4.79 Å². The van der Waals surface area contributed by atoms with Gasteiger partial charge in [0.05, 0.1) is 0 Å². The van der Waals surface area contributed by atoms with Crippen molar-refractivity contribution < 1.29 is 4.79 Å². The summed E-state index contributed by atoms with van der Waals surface area (Å²) in [5, 5.41) is 2.67. The van der Waals surface area contributed by atoms with Gasteiger partial charge in [-0.25, -0.2) is 0 Å². The van der Waals surface area contributed by atoms with Gasteiger partial charge in [-0.1, -0.05) is 13.8 Å². The SMILES string of the molecule is CC[CH]NC(=O)CCC. The molecule has 9 heavy (non-hydrogen) atoms. The lowest BCUT2D eigenvalue weighted by Gasteiger charge is -1.98. The second-order valence-electron chi connectivity index (χ2n) is 1.93. The van der Waals surface area contributed by atoms with Crippen molar-refractivity contribution in [2.45, 2.75) is 33.1 Å². The zero-order chi connectivity index (χ0) is 7.11. The zero-order valence-electron chi connectivity index (χ0n) is 6.11. The van der Waals surface area contributed by atoms with E-state index >= 15 is 0 Å². The normalized spacial score (nSPS) is 9.11. The van der Waals surface area contributed by atoms with Gasteiger partial charge in [-0.15, -0.1) is 0 Å². The van der Waals surface area contributed by atoms with E-state index in [1.807, 2.05) is 13.8 Å². The van der Waals surface area contributed by atoms with Crippen LogP contribution < -0.4 is 5.32 Å². The van der Waals surface area contributed by atoms with E-state index in [1.54, 1.807) is 6.54 Å². The molecule has 0 unspecified atom stereocenters. The predicted octanol–water partition coefficient (Wildman–Crippen LogP) is 1.47. The Morgan fingerprint density at radius 3 is 2.67 bits per heavy atom. The lowest BCUT2D eigenvalue weighted by atomic mass is 10.3. The third kappa shape index (κ3) is 5.34. The van der Waals surface area contributed by atoms with Crippen LogP contribution in [0, 0.1) is 6.54 Å². The van der Waals surface area contributed by atoms with E-state index in [0.717, 1.165) is 12.8 Å². The van der Waals surface area contributed by atoms with Crippen LogP contribution in [0.3, 0.4) is 0 Å². The molecule has 0 heterocycles. The van der Waals surface area contributed by atoms with Gasteiger partial charge < -0.3 is 5.32 Å². The Bertz CT molecular complexity index is 81.0. The fourth-order valence-corrected chi connectivity index (χ4v) is 0.515. The highest BCUT2D eigenvalue weighted by Gasteiger charge is 1.94. The number of carbonyl (C=O) groups excluding carboxylic acids is 1. The van der Waals surface area contributed by atoms with Gasteiger partial charge in [0, 0.05) is 13.0 Å². The number of hydrogen-bond acceptors (Lipinski definition) is 1. The van der Waals surface area contributed by atoms with Crippen molar-refractivity contribution in [2.24, 2.45) is 0 Å². The quantitative estimate of drug-likeness (QED) is 0.610. The molecule has 0 aromatic carbocycles. The van der Waals surface area contributed by atoms with Crippen molar-refractivity contribution in [2.75, 3.05) is 0 Å². The van der Waals surface area contributed by atoms with Crippen molar-refractivity contribution in [1.82, 2.24) is 5.32 Å². The summed E-state index contributed by atoms with van der Waals surface area (Å²) in [6, 6.07) is 0. The van der Waals surface area contributed by atoms with Gasteiger partial charge in [0.25, 0.3) is 0 Å². The Labute approximate surface area is 56.6 Å². The van der Waals surface area contributed by atoms with Crippen molar-refractivity contribution in [1.29, 1.82) is 0 Å². The third-order valence-electron chi connectivity index (χ3n) is 0.944. The molecule has 0 atom stereocenters. The lowest BCUT2D eigenvalue weighted by molar-refractivity contribution is -0.120. The van der Waals surface area contributed by atoms with Crippen LogP contribution in [0.5, 0.6) is 0 Å². The molecule has 0 spiro atoms. The molecule has 2 nitrogen and oxygen atoms in total. The topological polar surface area (TPSA) is 29.1 Å². The minimum absolute atomic E-state index is 0.124. The number of hydrogen-bond donors (Lipinski definition) is 1. The number of amides is 1. The van der Waals surface area contributed by atoms with Crippen molar-refractivity contribution >= 4 is 5.91 Å². The lowest BCUT2D eigenvalue weighted by Crippen LogP contribution is -2.19. The maximum absolute atomic E-state index is 10.7. The third-order valence-corrected chi connectivity index (χ3v) is 0.944. The maximum Gasteiger partial charge on any atom is 0.220 e. The summed E-state index contributed by atoms with van der Waals surface area (Å²) in [5.74, 6) is 0.124. The van der Waals surface area contributed by atoms with Gasteiger partial charge in [-0.05, 0) is 12.8 Å². The van der Waals surface area contributed by atoms with E-state index in [2.05, 4.69) is 5.32 Å². The van der Waals surface area contributed by atoms with Crippen molar-refractivity contribution in [3.8, 4) is 0 Å². The summed E-state index contributed by atoms with van der Waals surface area (Å²) in [5.41, 5.74) is 0. The standard InChI is InChI=1S/C7H14NO/c1-3-5-7(9)8-6-4-2/h6H,3-5H2,1-2H3,(H,8,9). The molecule has 1 radical (unpaired) electrons. The first-order chi connectivity index (χ1) is 4.31. The van der Waals surface area contributed by atoms with Crippen LogP contribution in [0.4, 0.5) is 0 Å². The molecule has 2 heteroatoms. The van der Waals surface area contributed by atoms with E-state index in [-0.39, 0.29) is 5.91 Å². The zero-order valence-corrected chi connectivity index (χ0v) is 6.11. The summed E-state index contributed by atoms with van der Waals surface area (Å²) < 4.78 is 0. The molecule has 0 saturated heterocycles. The number of carbonyl (C=O) groups is 1. The maximum atomic E-state index is 10.7. The van der Waals surface area contributed by atoms with Crippen LogP contribution in [0.2, 0.25) is 0 Å². The number of rotatable bonds is 4. The van der Waals surface area contributed by atoms with E-state index in [1.165, 1.54) is 0 Å². The van der Waals surface area contributed by atoms with Gasteiger partial charge in [0.2, 0.25) is 5.91 Å². The largest absolute Gasteiger partial charge is 0.351 e. The molecule has 53 valence electrons. The summed E-state index contributed by atoms with van der Waals surface area (Å²) in [7, 11) is 0. The molecule has 1 amide bonds. The average Bonchev–Trinajstić information content (AvgIpc) is 1.85. The highest BCUT2D eigenvalue weighted by molar-refractivity contribution is 5.76. The molecule has 0 aromatic rings. The fourth-order valence-electron chi connectivity index (χ4n) is 0.515. The minimum Gasteiger partial charge on any atom is -0.351 e. The Balaban J connectivity index is 3.06. The molecule has 0 saturated carbocycles. The van der Waals surface area contributed by atoms with Gasteiger partial charge >= 0.3 is 0 Å². The summed E-state index contributed by atoms with van der Waals surface area (Å²) in [4.78, 5) is 10.7. The molecule has 0 rings (SSSR count). The molecule has 0 bridgehead atoms. The van der Waals surface area contributed by atoms with Crippen molar-refractivity contribution in [3.63, 3.8) is 0 Å². The highest BCUT2D eigenvalue weighted by Crippen LogP contribution is 1.86. The molecular formula is C7H14NO. The molecular weight excluding hydrogens is 114 g/mol. The van der Waals surface area contributed by atoms with E-state index in [0.29, 0.717) is 6.42 Å². The summed E-state index contributed by atoms with van der Waals surface area (Å²) in [6.07, 6.45) is 2.45. The van der Waals surface area contributed by atoms with Gasteiger partial charge in [-0.3, -0.25) is 4.79 Å². The number of nitrogens with one attached hydrogen (secondary N) is 1. The minimum atomic E-state index is 0.124. The first-order valence-corrected chi connectivity index (χ1v) is 3.42. The average molecular weight is 128 g/mol. The second-order valence-corrected chi connectivity index (χ2v) is 1.93. The monoisotopic (exact) mass is 128 g/mol. The van der Waals surface area contributed by atoms with Gasteiger partial charge in [0.15, 0.2) is 0 Å². The van der Waals surface area contributed by atoms with Gasteiger partial charge in [-0.2, -0.15) is 0 Å². The highest BCUT2D eigenvalue weighted by atomic mass is 16.1. The van der Waals surface area contributed by atoms with Crippen LogP contribution in [0.25, 0.3) is 0 Å². The van der Waals surface area contributed by atoms with Gasteiger partial charge in [0.1, 0.15) is 0 Å².